The van der Waals surface area contributed by atoms with Crippen molar-refractivity contribution in [3.63, 3.8) is 0 Å². The maximum atomic E-state index is 5.53. The van der Waals surface area contributed by atoms with Gasteiger partial charge in [0.1, 0.15) is 0 Å². The van der Waals surface area contributed by atoms with Gasteiger partial charge in [-0.2, -0.15) is 0 Å². The predicted octanol–water partition coefficient (Wildman–Crippen LogP) is 2.87. The standard InChI is InChI=1S/C18H25N3/c1-20(2)18-8-6-16(7-9-18)4-5-17-10-14-21(15-11-17)13-3-12-19/h4-11,14H,3,12-13,15,19H2,1-2H3/b5-4+. The maximum absolute atomic E-state index is 5.53. The molecular weight excluding hydrogens is 258 g/mol. The summed E-state index contributed by atoms with van der Waals surface area (Å²) in [5.74, 6) is 0. The SMILES string of the molecule is CN(C)c1ccc(/C=C/C2=CCN(CCCN)C=C2)cc1. The summed E-state index contributed by atoms with van der Waals surface area (Å²) in [7, 11) is 4.11. The minimum Gasteiger partial charge on any atom is -0.378 e. The molecule has 2 rings (SSSR count). The molecule has 0 fully saturated rings. The Kier molecular flexibility index (Phi) is 5.64. The summed E-state index contributed by atoms with van der Waals surface area (Å²) < 4.78 is 0. The molecule has 1 aromatic rings. The van der Waals surface area contributed by atoms with Crippen LogP contribution < -0.4 is 10.6 Å². The maximum Gasteiger partial charge on any atom is 0.0362 e. The van der Waals surface area contributed by atoms with E-state index in [1.54, 1.807) is 0 Å². The molecule has 2 N–H and O–H groups in total. The van der Waals surface area contributed by atoms with Gasteiger partial charge in [0.15, 0.2) is 0 Å². The summed E-state index contributed by atoms with van der Waals surface area (Å²) in [5.41, 5.74) is 9.24. The lowest BCUT2D eigenvalue weighted by molar-refractivity contribution is 0.405. The van der Waals surface area contributed by atoms with E-state index in [1.165, 1.54) is 16.8 Å². The summed E-state index contributed by atoms with van der Waals surface area (Å²) in [5, 5.41) is 0. The molecule has 0 saturated heterocycles. The molecular formula is C18H25N3. The van der Waals surface area contributed by atoms with E-state index in [9.17, 15) is 0 Å². The highest BCUT2D eigenvalue weighted by atomic mass is 15.1. The Labute approximate surface area is 128 Å². The number of anilines is 1. The van der Waals surface area contributed by atoms with Gasteiger partial charge in [-0.15, -0.1) is 0 Å². The van der Waals surface area contributed by atoms with Gasteiger partial charge in [0.25, 0.3) is 0 Å². The first-order chi connectivity index (χ1) is 10.2. The van der Waals surface area contributed by atoms with E-state index in [1.807, 2.05) is 0 Å². The van der Waals surface area contributed by atoms with Gasteiger partial charge in [-0.25, -0.2) is 0 Å². The van der Waals surface area contributed by atoms with Crippen LogP contribution in [0.2, 0.25) is 0 Å². The highest BCUT2D eigenvalue weighted by Gasteiger charge is 2.02. The molecule has 0 aliphatic carbocycles. The van der Waals surface area contributed by atoms with E-state index in [0.717, 1.165) is 26.1 Å². The Morgan fingerprint density at radius 3 is 2.52 bits per heavy atom. The zero-order valence-corrected chi connectivity index (χ0v) is 13.0. The average Bonchev–Trinajstić information content (AvgIpc) is 2.52. The molecule has 1 heterocycles. The van der Waals surface area contributed by atoms with Crippen LogP contribution in [-0.4, -0.2) is 38.6 Å². The van der Waals surface area contributed by atoms with Crippen molar-refractivity contribution in [2.75, 3.05) is 38.6 Å². The summed E-state index contributed by atoms with van der Waals surface area (Å²) in [6.45, 7) is 2.76. The molecule has 3 nitrogen and oxygen atoms in total. The van der Waals surface area contributed by atoms with Gasteiger partial charge in [-0.1, -0.05) is 30.4 Å². The smallest absolute Gasteiger partial charge is 0.0362 e. The van der Waals surface area contributed by atoms with Crippen molar-refractivity contribution >= 4 is 11.8 Å². The molecule has 1 aliphatic rings. The first kappa shape index (κ1) is 15.4. The van der Waals surface area contributed by atoms with Crippen molar-refractivity contribution in [1.82, 2.24) is 4.90 Å². The number of rotatable bonds is 6. The van der Waals surface area contributed by atoms with Crippen LogP contribution in [0.1, 0.15) is 12.0 Å². The topological polar surface area (TPSA) is 32.5 Å². The van der Waals surface area contributed by atoms with Gasteiger partial charge >= 0.3 is 0 Å². The third-order valence-corrected chi connectivity index (χ3v) is 3.57. The minimum absolute atomic E-state index is 0.754. The fourth-order valence-electron chi connectivity index (χ4n) is 2.20. The van der Waals surface area contributed by atoms with E-state index in [0.29, 0.717) is 0 Å². The largest absolute Gasteiger partial charge is 0.378 e. The monoisotopic (exact) mass is 283 g/mol. The van der Waals surface area contributed by atoms with Crippen LogP contribution >= 0.6 is 0 Å². The van der Waals surface area contributed by atoms with Crippen LogP contribution in [0.25, 0.3) is 6.08 Å². The van der Waals surface area contributed by atoms with E-state index in [4.69, 9.17) is 5.73 Å². The van der Waals surface area contributed by atoms with Crippen molar-refractivity contribution in [2.45, 2.75) is 6.42 Å². The molecule has 3 heteroatoms. The van der Waals surface area contributed by atoms with Crippen LogP contribution in [0, 0.1) is 0 Å². The Balaban J connectivity index is 1.90. The molecule has 0 spiro atoms. The second kappa shape index (κ2) is 7.70. The highest BCUT2D eigenvalue weighted by molar-refractivity contribution is 5.58. The Morgan fingerprint density at radius 2 is 1.95 bits per heavy atom. The lowest BCUT2D eigenvalue weighted by Crippen LogP contribution is -2.22. The normalized spacial score (nSPS) is 14.6. The van der Waals surface area contributed by atoms with Gasteiger partial charge in [0, 0.05) is 32.9 Å². The zero-order chi connectivity index (χ0) is 15.1. The first-order valence-electron chi connectivity index (χ1n) is 7.47. The fourth-order valence-corrected chi connectivity index (χ4v) is 2.20. The predicted molar refractivity (Wildman–Crippen MR) is 92.3 cm³/mol. The number of hydrogen-bond donors (Lipinski definition) is 1. The van der Waals surface area contributed by atoms with Crippen LogP contribution in [0.3, 0.4) is 0 Å². The molecule has 0 atom stereocenters. The second-order valence-electron chi connectivity index (χ2n) is 5.48. The van der Waals surface area contributed by atoms with E-state index < -0.39 is 0 Å². The summed E-state index contributed by atoms with van der Waals surface area (Å²) in [6.07, 6.45) is 11.9. The number of allylic oxidation sites excluding steroid dienone is 3. The number of benzene rings is 1. The van der Waals surface area contributed by atoms with Crippen molar-refractivity contribution in [3.8, 4) is 0 Å². The number of hydrogen-bond acceptors (Lipinski definition) is 3. The van der Waals surface area contributed by atoms with Gasteiger partial charge < -0.3 is 15.5 Å². The lowest BCUT2D eigenvalue weighted by atomic mass is 10.1. The first-order valence-corrected chi connectivity index (χ1v) is 7.47. The van der Waals surface area contributed by atoms with Gasteiger partial charge in [-0.3, -0.25) is 0 Å². The highest BCUT2D eigenvalue weighted by Crippen LogP contribution is 2.15. The van der Waals surface area contributed by atoms with Crippen molar-refractivity contribution in [2.24, 2.45) is 5.73 Å². The van der Waals surface area contributed by atoms with E-state index in [-0.39, 0.29) is 0 Å². The molecule has 0 saturated carbocycles. The molecule has 0 bridgehead atoms. The molecule has 0 unspecified atom stereocenters. The van der Waals surface area contributed by atoms with Crippen LogP contribution in [0.5, 0.6) is 0 Å². The van der Waals surface area contributed by atoms with Crippen molar-refractivity contribution < 1.29 is 0 Å². The van der Waals surface area contributed by atoms with Crippen LogP contribution in [0.15, 0.2) is 54.3 Å². The van der Waals surface area contributed by atoms with Crippen LogP contribution in [0.4, 0.5) is 5.69 Å². The zero-order valence-electron chi connectivity index (χ0n) is 13.0. The summed E-state index contributed by atoms with van der Waals surface area (Å²) >= 11 is 0. The Bertz CT molecular complexity index is 524. The van der Waals surface area contributed by atoms with Gasteiger partial charge in [0.2, 0.25) is 0 Å². The molecule has 112 valence electrons. The number of nitrogens with zero attached hydrogens (tertiary/aromatic N) is 2. The van der Waals surface area contributed by atoms with Crippen LogP contribution in [-0.2, 0) is 0 Å². The molecule has 0 radical (unpaired) electrons. The quantitative estimate of drug-likeness (QED) is 0.871. The summed E-state index contributed by atoms with van der Waals surface area (Å²) in [4.78, 5) is 4.39. The van der Waals surface area contributed by atoms with E-state index >= 15 is 0 Å². The molecule has 1 aromatic carbocycles. The van der Waals surface area contributed by atoms with E-state index in [2.05, 4.69) is 78.7 Å². The average molecular weight is 283 g/mol. The van der Waals surface area contributed by atoms with Gasteiger partial charge in [-0.05, 0) is 48.5 Å². The fraction of sp³-hybridized carbons (Fsp3) is 0.333. The third kappa shape index (κ3) is 4.80. The molecule has 21 heavy (non-hydrogen) atoms. The molecule has 1 aliphatic heterocycles. The van der Waals surface area contributed by atoms with Crippen molar-refractivity contribution in [1.29, 1.82) is 0 Å². The lowest BCUT2D eigenvalue weighted by Gasteiger charge is -2.21. The third-order valence-electron chi connectivity index (χ3n) is 3.57. The minimum atomic E-state index is 0.754. The molecule has 0 amide bonds. The number of nitrogens with two attached hydrogens (primary N) is 1. The van der Waals surface area contributed by atoms with Gasteiger partial charge in [0.05, 0.1) is 0 Å². The molecule has 0 aromatic heterocycles. The summed E-state index contributed by atoms with van der Waals surface area (Å²) in [6, 6.07) is 8.57. The van der Waals surface area contributed by atoms with Crippen molar-refractivity contribution in [3.05, 3.63) is 59.8 Å². The second-order valence-corrected chi connectivity index (χ2v) is 5.48. The Morgan fingerprint density at radius 1 is 1.19 bits per heavy atom. The Hall–Kier alpha value is -2.00.